The minimum atomic E-state index is -3.78. The van der Waals surface area contributed by atoms with Gasteiger partial charge in [0, 0.05) is 53.7 Å². The number of hydrogen-bond donors (Lipinski definition) is 4. The lowest BCUT2D eigenvalue weighted by molar-refractivity contribution is -0.118. The van der Waals surface area contributed by atoms with Crippen LogP contribution in [0.5, 0.6) is 0 Å². The Morgan fingerprint density at radius 2 is 0.740 bits per heavy atom. The first kappa shape index (κ1) is 86.3. The van der Waals surface area contributed by atoms with Crippen LogP contribution in [0.25, 0.3) is 0 Å². The molecule has 0 saturated heterocycles. The molecular weight excluding hydrogens is 1460 g/mol. The Hall–Kier alpha value is -6.11. The summed E-state index contributed by atoms with van der Waals surface area (Å²) >= 11 is 20.1. The molecule has 4 heterocycles. The predicted molar refractivity (Wildman–Crippen MR) is 404 cm³/mol. The molecular formula is C69H95Cl3N8O14S6. The molecule has 3 aromatic carbocycles. The summed E-state index contributed by atoms with van der Waals surface area (Å²) in [6.07, 6.45) is 0.469. The van der Waals surface area contributed by atoms with Crippen LogP contribution in [0.1, 0.15) is 196 Å². The second-order valence-electron chi connectivity index (χ2n) is 30.0. The molecule has 31 heteroatoms. The Kier molecular flexibility index (Phi) is 28.2. The van der Waals surface area contributed by atoms with Gasteiger partial charge >= 0.3 is 0 Å². The highest BCUT2D eigenvalue weighted by Crippen LogP contribution is 2.36. The van der Waals surface area contributed by atoms with Crippen molar-refractivity contribution in [1.82, 2.24) is 20.3 Å². The van der Waals surface area contributed by atoms with E-state index in [1.165, 1.54) is 78.1 Å². The second kappa shape index (κ2) is 32.7. The summed E-state index contributed by atoms with van der Waals surface area (Å²) in [4.78, 5) is 60.1. The Morgan fingerprint density at radius 3 is 1.01 bits per heavy atom. The van der Waals surface area contributed by atoms with Crippen molar-refractivity contribution in [3.05, 3.63) is 150 Å². The van der Waals surface area contributed by atoms with Crippen LogP contribution < -0.4 is 21.3 Å². The monoisotopic (exact) mass is 1560 g/mol. The maximum atomic E-state index is 12.9. The van der Waals surface area contributed by atoms with Gasteiger partial charge in [-0.25, -0.2) is 43.6 Å². The maximum absolute atomic E-state index is 12.9. The third-order valence-electron chi connectivity index (χ3n) is 15.8. The van der Waals surface area contributed by atoms with E-state index in [0.717, 1.165) is 16.3 Å². The van der Waals surface area contributed by atoms with E-state index in [1.54, 1.807) is 91.9 Å². The van der Waals surface area contributed by atoms with Crippen LogP contribution in [-0.2, 0) is 97.4 Å². The van der Waals surface area contributed by atoms with E-state index in [1.807, 2.05) is 74.6 Å². The molecule has 22 nitrogen and oxygen atoms in total. The van der Waals surface area contributed by atoms with Crippen LogP contribution in [0.3, 0.4) is 0 Å². The molecule has 0 radical (unpaired) electrons. The van der Waals surface area contributed by atoms with Gasteiger partial charge < -0.3 is 30.3 Å². The lowest BCUT2D eigenvalue weighted by atomic mass is 9.93. The lowest BCUT2D eigenvalue weighted by Gasteiger charge is -2.23. The van der Waals surface area contributed by atoms with E-state index < -0.39 is 82.0 Å². The van der Waals surface area contributed by atoms with Gasteiger partial charge in [-0.1, -0.05) is 172 Å². The van der Waals surface area contributed by atoms with E-state index in [2.05, 4.69) is 62.3 Å². The van der Waals surface area contributed by atoms with Crippen LogP contribution in [-0.4, -0.2) is 102 Å². The molecule has 552 valence electrons. The number of halogens is 3. The molecule has 100 heavy (non-hydrogen) atoms. The molecule has 0 fully saturated rings. The number of thiazole rings is 2. The fraction of sp³-hybridized carbons (Fsp3) is 0.507. The molecule has 0 aliphatic heterocycles. The van der Waals surface area contributed by atoms with Crippen molar-refractivity contribution in [1.29, 1.82) is 0 Å². The molecule has 7 rings (SSSR count). The number of rotatable bonds is 20. The normalized spacial score (nSPS) is 12.9. The molecule has 0 unspecified atom stereocenters. The molecule has 7 aromatic rings. The fourth-order valence-corrected chi connectivity index (χ4v) is 15.9. The van der Waals surface area contributed by atoms with Crippen molar-refractivity contribution >= 4 is 142 Å². The first-order chi connectivity index (χ1) is 45.3. The largest absolute Gasteiger partial charge is 0.359 e. The molecule has 0 saturated carbocycles. The molecule has 0 aliphatic carbocycles. The highest BCUT2D eigenvalue weighted by molar-refractivity contribution is 7.94. The second-order valence-corrected chi connectivity index (χ2v) is 43.4. The molecule has 0 atom stereocenters. The number of amides is 4. The standard InChI is InChI=1S/C19H25ClN2O3S2.C18H23ClN2O4S.C18H23ClN2O3S2.C14H24N2O4S/c1-12-15(18(2,3)4)26-17(21-12)22-16(23)19(5,6)27(24,25)11-13-7-9-14(20)10-8-13;1-17(2,3)14-10-15(21-25-14)20-16(22)18(4,5)26(23,24)11-12-6-8-13(19)9-7-12;1-17(2,3)14-10-25-16(20-14)21-15(22)18(4,5)26(23,24)11-12-6-8-13(19)9-7-12;1-7-8-21(18,19)14(5,6)12(17)15-11-9-10(20-16-11)13(2,3)4/h7-10H,11H2,1-6H3,(H,21,22,23);2*6-10H,11H2,1-5H3,(H,20,21,22);9H,7-8H2,1-6H3,(H,15,16,17). The number of carbonyl (C=O) groups is 4. The lowest BCUT2D eigenvalue weighted by Crippen LogP contribution is -2.45. The van der Waals surface area contributed by atoms with Crippen LogP contribution in [0.2, 0.25) is 15.1 Å². The van der Waals surface area contributed by atoms with Crippen LogP contribution in [0, 0.1) is 6.92 Å². The number of sulfone groups is 4. The summed E-state index contributed by atoms with van der Waals surface area (Å²) in [5.41, 5.74) is 2.67. The van der Waals surface area contributed by atoms with Crippen molar-refractivity contribution < 1.29 is 61.9 Å². The zero-order chi connectivity index (χ0) is 76.6. The number of aromatic nitrogens is 4. The quantitative estimate of drug-likeness (QED) is 0.0551. The third-order valence-corrected chi connectivity index (χ3v) is 28.8. The van der Waals surface area contributed by atoms with Gasteiger partial charge in [0.1, 0.15) is 30.5 Å². The van der Waals surface area contributed by atoms with Crippen molar-refractivity contribution in [2.24, 2.45) is 0 Å². The molecule has 4 N–H and O–H groups in total. The summed E-state index contributed by atoms with van der Waals surface area (Å²) < 4.78 is 105. The zero-order valence-electron chi connectivity index (χ0n) is 60.8. The molecule has 4 aromatic heterocycles. The van der Waals surface area contributed by atoms with E-state index in [9.17, 15) is 52.8 Å². The average molecular weight is 1560 g/mol. The first-order valence-corrected chi connectivity index (χ1v) is 41.0. The summed E-state index contributed by atoms with van der Waals surface area (Å²) in [5, 5.41) is 22.2. The van der Waals surface area contributed by atoms with Gasteiger partial charge in [0.05, 0.1) is 34.4 Å². The number of nitrogens with one attached hydrogen (secondary N) is 4. The van der Waals surface area contributed by atoms with E-state index in [-0.39, 0.29) is 56.3 Å². The van der Waals surface area contributed by atoms with Gasteiger partial charge in [-0.3, -0.25) is 19.2 Å². The number of carbonyl (C=O) groups excluding carboxylic acids is 4. The van der Waals surface area contributed by atoms with Gasteiger partial charge in [-0.15, -0.1) is 22.7 Å². The van der Waals surface area contributed by atoms with E-state index in [0.29, 0.717) is 60.0 Å². The Labute approximate surface area is 613 Å². The minimum Gasteiger partial charge on any atom is -0.359 e. The highest BCUT2D eigenvalue weighted by Gasteiger charge is 2.46. The first-order valence-electron chi connectivity index (χ1n) is 31.6. The zero-order valence-corrected chi connectivity index (χ0v) is 68.0. The van der Waals surface area contributed by atoms with E-state index >= 15 is 0 Å². The van der Waals surface area contributed by atoms with Gasteiger partial charge in [0.2, 0.25) is 23.6 Å². The third kappa shape index (κ3) is 22.9. The fourth-order valence-electron chi connectivity index (χ4n) is 8.26. The minimum absolute atomic E-state index is 0.0283. The maximum Gasteiger partial charge on any atom is 0.247 e. The van der Waals surface area contributed by atoms with Gasteiger partial charge in [-0.05, 0) is 127 Å². The van der Waals surface area contributed by atoms with Crippen LogP contribution in [0.15, 0.2) is 99.4 Å². The molecule has 0 spiro atoms. The van der Waals surface area contributed by atoms with Crippen LogP contribution >= 0.6 is 57.5 Å². The molecule has 4 amide bonds. The Balaban J connectivity index is 0.000000284. The van der Waals surface area contributed by atoms with Gasteiger partial charge in [-0.2, -0.15) is 0 Å². The van der Waals surface area contributed by atoms with Crippen molar-refractivity contribution in [3.8, 4) is 0 Å². The topological polar surface area (TPSA) is 331 Å². The average Bonchev–Trinajstić information content (AvgIpc) is 0.946. The van der Waals surface area contributed by atoms with E-state index in [4.69, 9.17) is 43.8 Å². The van der Waals surface area contributed by atoms with Crippen molar-refractivity contribution in [2.75, 3.05) is 27.0 Å². The molecule has 0 bridgehead atoms. The smallest absolute Gasteiger partial charge is 0.247 e. The summed E-state index contributed by atoms with van der Waals surface area (Å²) in [6, 6.07) is 22.8. The van der Waals surface area contributed by atoms with Crippen LogP contribution in [0.4, 0.5) is 21.9 Å². The number of aryl methyl sites for hydroxylation is 1. The molecule has 0 aliphatic rings. The van der Waals surface area contributed by atoms with Gasteiger partial charge in [0.15, 0.2) is 61.2 Å². The van der Waals surface area contributed by atoms with Crippen molar-refractivity contribution in [3.63, 3.8) is 0 Å². The number of nitrogens with zero attached hydrogens (tertiary/aromatic N) is 4. The summed E-state index contributed by atoms with van der Waals surface area (Å²) in [5.74, 6) is -1.61. The van der Waals surface area contributed by atoms with Gasteiger partial charge in [0.25, 0.3) is 0 Å². The number of benzene rings is 3. The van der Waals surface area contributed by atoms with Crippen molar-refractivity contribution in [2.45, 2.75) is 217 Å². The summed E-state index contributed by atoms with van der Waals surface area (Å²) in [6.45, 7) is 38.8. The Bertz CT molecular complexity index is 4320. The number of hydrogen-bond acceptors (Lipinski definition) is 20. The Morgan fingerprint density at radius 1 is 0.430 bits per heavy atom. The predicted octanol–water partition coefficient (Wildman–Crippen LogP) is 15.6. The number of anilines is 4. The highest BCUT2D eigenvalue weighted by atomic mass is 35.5. The SMILES string of the molecule is CC(C)(C)c1cc(NC(=O)C(C)(C)S(=O)(=O)Cc2ccc(Cl)cc2)no1.CC(C)(C)c1csc(NC(=O)C(C)(C)S(=O)(=O)Cc2ccc(Cl)cc2)n1.CCCS(=O)(=O)C(C)(C)C(=O)Nc1cc(C(C)(C)C)on1.Cc1nc(NC(=O)C(C)(C)S(=O)(=O)Cc2ccc(Cl)cc2)sc1C(C)(C)C. The summed E-state index contributed by atoms with van der Waals surface area (Å²) in [7, 11) is -14.8.